The first-order valence-electron chi connectivity index (χ1n) is 5.37. The van der Waals surface area contributed by atoms with Crippen molar-refractivity contribution in [1.82, 2.24) is 0 Å². The van der Waals surface area contributed by atoms with Gasteiger partial charge in [0.1, 0.15) is 0 Å². The summed E-state index contributed by atoms with van der Waals surface area (Å²) in [7, 11) is 0. The molecule has 0 aliphatic carbocycles. The Morgan fingerprint density at radius 2 is 2.06 bits per heavy atom. The molecule has 84 valence electrons. The highest BCUT2D eigenvalue weighted by atomic mass is 32.1. The van der Waals surface area contributed by atoms with Gasteiger partial charge < -0.3 is 5.73 Å². The molecule has 0 bridgehead atoms. The van der Waals surface area contributed by atoms with Crippen LogP contribution in [0.5, 0.6) is 0 Å². The highest BCUT2D eigenvalue weighted by Gasteiger charge is 2.20. The maximum atomic E-state index is 12.2. The van der Waals surface area contributed by atoms with Crippen LogP contribution in [-0.4, -0.2) is 11.8 Å². The molecule has 0 saturated heterocycles. The number of hydrogen-bond donors (Lipinski definition) is 1. The predicted molar refractivity (Wildman–Crippen MR) is 69.0 cm³/mol. The fourth-order valence-corrected chi connectivity index (χ4v) is 2.59. The topological polar surface area (TPSA) is 43.1 Å². The van der Waals surface area contributed by atoms with Gasteiger partial charge in [0, 0.05) is 10.3 Å². The van der Waals surface area contributed by atoms with Crippen molar-refractivity contribution < 1.29 is 4.79 Å². The molecule has 1 aromatic carbocycles. The van der Waals surface area contributed by atoms with E-state index in [4.69, 9.17) is 5.73 Å². The molecule has 2 rings (SSSR count). The molecule has 16 heavy (non-hydrogen) atoms. The number of carbonyl (C=O) groups excluding carboxylic acids is 1. The van der Waals surface area contributed by atoms with Crippen LogP contribution in [-0.2, 0) is 0 Å². The molecule has 0 amide bonds. The number of ketones is 1. The quantitative estimate of drug-likeness (QED) is 0.828. The van der Waals surface area contributed by atoms with Gasteiger partial charge in [0.05, 0.1) is 6.04 Å². The van der Waals surface area contributed by atoms with Gasteiger partial charge in [0.15, 0.2) is 5.78 Å². The Kier molecular flexibility index (Phi) is 3.08. The minimum Gasteiger partial charge on any atom is -0.321 e. The summed E-state index contributed by atoms with van der Waals surface area (Å²) in [4.78, 5) is 12.2. The Bertz CT molecular complexity index is 515. The zero-order valence-electron chi connectivity index (χ0n) is 9.44. The molecule has 1 aromatic heterocycles. The zero-order chi connectivity index (χ0) is 11.7. The second-order valence-electron chi connectivity index (χ2n) is 4.28. The van der Waals surface area contributed by atoms with Gasteiger partial charge in [-0.1, -0.05) is 26.0 Å². The van der Waals surface area contributed by atoms with Crippen molar-refractivity contribution in [2.24, 2.45) is 11.7 Å². The normalized spacial score (nSPS) is 13.2. The Hall–Kier alpha value is -1.19. The summed E-state index contributed by atoms with van der Waals surface area (Å²) in [5.41, 5.74) is 6.66. The van der Waals surface area contributed by atoms with Crippen LogP contribution >= 0.6 is 11.3 Å². The first-order chi connectivity index (χ1) is 7.61. The molecule has 2 aromatic rings. The second-order valence-corrected chi connectivity index (χ2v) is 5.19. The third kappa shape index (κ3) is 1.88. The van der Waals surface area contributed by atoms with E-state index in [-0.39, 0.29) is 11.7 Å². The van der Waals surface area contributed by atoms with Crippen LogP contribution in [0.1, 0.15) is 24.2 Å². The highest BCUT2D eigenvalue weighted by Crippen LogP contribution is 2.26. The van der Waals surface area contributed by atoms with Crippen molar-refractivity contribution in [2.45, 2.75) is 19.9 Å². The van der Waals surface area contributed by atoms with E-state index in [0.29, 0.717) is 0 Å². The summed E-state index contributed by atoms with van der Waals surface area (Å²) in [5, 5.41) is 3.12. The number of nitrogens with two attached hydrogens (primary N) is 1. The fourth-order valence-electron chi connectivity index (χ4n) is 1.67. The molecule has 2 nitrogen and oxygen atoms in total. The standard InChI is InChI=1S/C13H15NOS/c1-8(2)11(14)12(15)10-5-3-4-9-6-7-16-13(9)10/h3-8,11H,14H2,1-2H3. The van der Waals surface area contributed by atoms with Crippen LogP contribution in [0.25, 0.3) is 10.1 Å². The molecule has 0 aliphatic rings. The molecule has 1 atom stereocenters. The molecule has 0 aliphatic heterocycles. The molecule has 3 heteroatoms. The van der Waals surface area contributed by atoms with Crippen LogP contribution in [0.2, 0.25) is 0 Å². The predicted octanol–water partition coefficient (Wildman–Crippen LogP) is 3.07. The van der Waals surface area contributed by atoms with Gasteiger partial charge in [0.25, 0.3) is 0 Å². The molecule has 0 spiro atoms. The Balaban J connectivity index is 2.47. The molecule has 1 heterocycles. The Morgan fingerprint density at radius 1 is 1.31 bits per heavy atom. The van der Waals surface area contributed by atoms with Crippen molar-refractivity contribution >= 4 is 27.2 Å². The van der Waals surface area contributed by atoms with Crippen molar-refractivity contribution in [3.8, 4) is 0 Å². The average Bonchev–Trinajstić information content (AvgIpc) is 2.74. The zero-order valence-corrected chi connectivity index (χ0v) is 10.3. The van der Waals surface area contributed by atoms with Gasteiger partial charge in [-0.15, -0.1) is 11.3 Å². The molecular formula is C13H15NOS. The lowest BCUT2D eigenvalue weighted by Crippen LogP contribution is -2.35. The van der Waals surface area contributed by atoms with E-state index in [1.54, 1.807) is 11.3 Å². The summed E-state index contributed by atoms with van der Waals surface area (Å²) in [6.45, 7) is 3.94. The first kappa shape index (κ1) is 11.3. The second kappa shape index (κ2) is 4.36. The minimum absolute atomic E-state index is 0.0445. The lowest BCUT2D eigenvalue weighted by Gasteiger charge is -2.14. The summed E-state index contributed by atoms with van der Waals surface area (Å²) < 4.78 is 1.05. The SMILES string of the molecule is CC(C)C(N)C(=O)c1cccc2ccsc12. The largest absolute Gasteiger partial charge is 0.321 e. The van der Waals surface area contributed by atoms with Crippen molar-refractivity contribution in [2.75, 3.05) is 0 Å². The number of hydrogen-bond acceptors (Lipinski definition) is 3. The van der Waals surface area contributed by atoms with Gasteiger partial charge in [0.2, 0.25) is 0 Å². The lowest BCUT2D eigenvalue weighted by molar-refractivity contribution is 0.0942. The third-order valence-corrected chi connectivity index (χ3v) is 3.73. The van der Waals surface area contributed by atoms with E-state index < -0.39 is 6.04 Å². The summed E-state index contributed by atoms with van der Waals surface area (Å²) in [6.07, 6.45) is 0. The van der Waals surface area contributed by atoms with E-state index in [1.807, 2.05) is 43.5 Å². The minimum atomic E-state index is -0.410. The van der Waals surface area contributed by atoms with Crippen LogP contribution in [0, 0.1) is 5.92 Å². The van der Waals surface area contributed by atoms with E-state index in [2.05, 4.69) is 0 Å². The Morgan fingerprint density at radius 3 is 2.75 bits per heavy atom. The Labute approximate surface area is 99.1 Å². The molecule has 1 unspecified atom stereocenters. The number of rotatable bonds is 3. The van der Waals surface area contributed by atoms with Crippen LogP contribution in [0.15, 0.2) is 29.6 Å². The number of fused-ring (bicyclic) bond motifs is 1. The van der Waals surface area contributed by atoms with Crippen molar-refractivity contribution in [3.63, 3.8) is 0 Å². The summed E-state index contributed by atoms with van der Waals surface area (Å²) in [5.74, 6) is 0.214. The average molecular weight is 233 g/mol. The van der Waals surface area contributed by atoms with Gasteiger partial charge in [-0.3, -0.25) is 4.79 Å². The highest BCUT2D eigenvalue weighted by molar-refractivity contribution is 7.17. The van der Waals surface area contributed by atoms with E-state index in [9.17, 15) is 4.79 Å². The number of benzene rings is 1. The summed E-state index contributed by atoms with van der Waals surface area (Å²) in [6, 6.07) is 7.41. The van der Waals surface area contributed by atoms with Gasteiger partial charge in [-0.2, -0.15) is 0 Å². The van der Waals surface area contributed by atoms with Crippen LogP contribution in [0.4, 0.5) is 0 Å². The fraction of sp³-hybridized carbons (Fsp3) is 0.308. The van der Waals surface area contributed by atoms with E-state index >= 15 is 0 Å². The number of Topliss-reactive ketones (excluding diaryl/α,β-unsaturated/α-hetero) is 1. The maximum Gasteiger partial charge on any atom is 0.181 e. The first-order valence-corrected chi connectivity index (χ1v) is 6.25. The molecule has 2 N–H and O–H groups in total. The molecular weight excluding hydrogens is 218 g/mol. The van der Waals surface area contributed by atoms with Gasteiger partial charge in [-0.25, -0.2) is 0 Å². The van der Waals surface area contributed by atoms with Crippen molar-refractivity contribution in [1.29, 1.82) is 0 Å². The van der Waals surface area contributed by atoms with Crippen molar-refractivity contribution in [3.05, 3.63) is 35.2 Å². The van der Waals surface area contributed by atoms with E-state index in [1.165, 1.54) is 0 Å². The lowest BCUT2D eigenvalue weighted by atomic mass is 9.95. The smallest absolute Gasteiger partial charge is 0.181 e. The maximum absolute atomic E-state index is 12.2. The van der Waals surface area contributed by atoms with Crippen LogP contribution in [0.3, 0.4) is 0 Å². The summed E-state index contributed by atoms with van der Waals surface area (Å²) >= 11 is 1.60. The molecule has 0 saturated carbocycles. The molecule has 0 radical (unpaired) electrons. The third-order valence-electron chi connectivity index (χ3n) is 2.77. The number of carbonyl (C=O) groups is 1. The van der Waals surface area contributed by atoms with E-state index in [0.717, 1.165) is 15.6 Å². The monoisotopic (exact) mass is 233 g/mol. The van der Waals surface area contributed by atoms with Crippen LogP contribution < -0.4 is 5.73 Å². The molecule has 0 fully saturated rings. The van der Waals surface area contributed by atoms with Gasteiger partial charge in [-0.05, 0) is 28.8 Å². The number of thiophene rings is 1. The van der Waals surface area contributed by atoms with Gasteiger partial charge >= 0.3 is 0 Å².